The zero-order valence-electron chi connectivity index (χ0n) is 21.5. The van der Waals surface area contributed by atoms with Crippen LogP contribution in [0.2, 0.25) is 0 Å². The summed E-state index contributed by atoms with van der Waals surface area (Å²) in [5.74, 6) is -8.84. The molecule has 1 rings (SSSR count). The van der Waals surface area contributed by atoms with Crippen molar-refractivity contribution in [2.45, 2.75) is 84.2 Å². The maximum Gasteiger partial charge on any atom is 0.379 e. The number of amides is 1. The summed E-state index contributed by atoms with van der Waals surface area (Å²) in [6.07, 6.45) is -6.98. The van der Waals surface area contributed by atoms with E-state index >= 15 is 0 Å². The lowest BCUT2D eigenvalue weighted by Crippen LogP contribution is -2.69. The molecule has 15 nitrogen and oxygen atoms in total. The van der Waals surface area contributed by atoms with Crippen molar-refractivity contribution >= 4 is 41.7 Å². The summed E-state index contributed by atoms with van der Waals surface area (Å²) < 4.78 is 36.6. The smallest absolute Gasteiger partial charge is 0.379 e. The zero-order valence-corrected chi connectivity index (χ0v) is 21.5. The average molecular weight is 533 g/mol. The molecule has 3 unspecified atom stereocenters. The molecule has 0 radical (unpaired) electrons. The van der Waals surface area contributed by atoms with Crippen LogP contribution in [0.4, 0.5) is 0 Å². The Hall–Kier alpha value is -3.75. The molecule has 1 heterocycles. The molecule has 1 fully saturated rings. The minimum atomic E-state index is -2.54. The van der Waals surface area contributed by atoms with Gasteiger partial charge in [-0.1, -0.05) is 0 Å². The second kappa shape index (κ2) is 13.5. The van der Waals surface area contributed by atoms with Crippen molar-refractivity contribution in [2.24, 2.45) is 0 Å². The van der Waals surface area contributed by atoms with E-state index in [4.69, 9.17) is 33.2 Å². The third kappa shape index (κ3) is 9.33. The summed E-state index contributed by atoms with van der Waals surface area (Å²) in [5.41, 5.74) is 0. The predicted octanol–water partition coefficient (Wildman–Crippen LogP) is -0.929. The molecular weight excluding hydrogens is 502 g/mol. The standard InChI is InChI=1S/C22H31NO14/c1-10(24)23-18-16(33-12(3)26)8-22(21(30)31-7,36-15(6)29)37-20(18)19(35-14(5)28)17(34-13(4)27)9-32-11(2)25/h16-20H,8-9H2,1-7H3,(H,23,24)/t16-,17?,18+,19?,20+,22?/m0/s1. The lowest BCUT2D eigenvalue weighted by atomic mass is 9.88. The average Bonchev–Trinajstić information content (AvgIpc) is 2.74. The van der Waals surface area contributed by atoms with Crippen LogP contribution in [0.15, 0.2) is 0 Å². The van der Waals surface area contributed by atoms with Gasteiger partial charge in [-0.15, -0.1) is 0 Å². The van der Waals surface area contributed by atoms with Crippen LogP contribution in [0, 0.1) is 0 Å². The molecule has 208 valence electrons. The van der Waals surface area contributed by atoms with Crippen molar-refractivity contribution in [1.29, 1.82) is 0 Å². The highest BCUT2D eigenvalue weighted by atomic mass is 16.8. The van der Waals surface area contributed by atoms with E-state index in [0.29, 0.717) is 0 Å². The summed E-state index contributed by atoms with van der Waals surface area (Å²) >= 11 is 0. The van der Waals surface area contributed by atoms with E-state index < -0.39 is 91.0 Å². The molecule has 1 aliphatic rings. The number of esters is 6. The van der Waals surface area contributed by atoms with E-state index in [1.807, 2.05) is 0 Å². The van der Waals surface area contributed by atoms with E-state index in [0.717, 1.165) is 48.7 Å². The summed E-state index contributed by atoms with van der Waals surface area (Å²) in [5, 5.41) is 2.49. The maximum absolute atomic E-state index is 12.8. The Kier molecular flexibility index (Phi) is 11.4. The van der Waals surface area contributed by atoms with E-state index in [1.54, 1.807) is 0 Å². The normalized spacial score (nSPS) is 24.4. The molecule has 0 bridgehead atoms. The summed E-state index contributed by atoms with van der Waals surface area (Å²) in [6.45, 7) is 5.60. The second-order valence-electron chi connectivity index (χ2n) is 8.02. The van der Waals surface area contributed by atoms with E-state index in [9.17, 15) is 33.6 Å². The number of carbonyl (C=O) groups excluding carboxylic acids is 7. The Balaban J connectivity index is 3.83. The second-order valence-corrected chi connectivity index (χ2v) is 8.02. The Bertz CT molecular complexity index is 917. The molecular formula is C22H31NO14. The first-order valence-corrected chi connectivity index (χ1v) is 11.0. The Morgan fingerprint density at radius 1 is 0.865 bits per heavy atom. The van der Waals surface area contributed by atoms with Crippen LogP contribution in [0.3, 0.4) is 0 Å². The number of methoxy groups -OCH3 is 1. The van der Waals surface area contributed by atoms with Gasteiger partial charge in [0, 0.05) is 41.5 Å². The zero-order chi connectivity index (χ0) is 28.5. The van der Waals surface area contributed by atoms with E-state index in [-0.39, 0.29) is 0 Å². The maximum atomic E-state index is 12.8. The molecule has 0 aromatic carbocycles. The fourth-order valence-electron chi connectivity index (χ4n) is 3.74. The monoisotopic (exact) mass is 533 g/mol. The summed E-state index contributed by atoms with van der Waals surface area (Å²) in [4.78, 5) is 84.1. The number of rotatable bonds is 10. The predicted molar refractivity (Wildman–Crippen MR) is 117 cm³/mol. The van der Waals surface area contributed by atoms with Crippen LogP contribution < -0.4 is 5.32 Å². The lowest BCUT2D eigenvalue weighted by Gasteiger charge is -2.48. The third-order valence-corrected chi connectivity index (χ3v) is 4.80. The molecule has 0 aliphatic carbocycles. The van der Waals surface area contributed by atoms with Crippen LogP contribution in [-0.4, -0.2) is 91.7 Å². The van der Waals surface area contributed by atoms with Crippen LogP contribution in [0.25, 0.3) is 0 Å². The SMILES string of the molecule is COC(=O)C1(OC(C)=O)C[C@H](OC(C)=O)[C@@H](NC(C)=O)[C@H](C(OC(C)=O)C(COC(C)=O)OC(C)=O)O1. The minimum Gasteiger partial charge on any atom is -0.464 e. The molecule has 0 aromatic rings. The molecule has 1 aliphatic heterocycles. The first kappa shape index (κ1) is 31.3. The highest BCUT2D eigenvalue weighted by Crippen LogP contribution is 2.37. The first-order chi connectivity index (χ1) is 17.1. The largest absolute Gasteiger partial charge is 0.464 e. The van der Waals surface area contributed by atoms with Crippen LogP contribution >= 0.6 is 0 Å². The molecule has 15 heteroatoms. The van der Waals surface area contributed by atoms with Gasteiger partial charge in [0.15, 0.2) is 12.2 Å². The fraction of sp³-hybridized carbons (Fsp3) is 0.682. The molecule has 1 N–H and O–H groups in total. The molecule has 0 spiro atoms. The third-order valence-electron chi connectivity index (χ3n) is 4.80. The van der Waals surface area contributed by atoms with Crippen molar-refractivity contribution in [3.8, 4) is 0 Å². The van der Waals surface area contributed by atoms with Crippen LogP contribution in [0.5, 0.6) is 0 Å². The highest BCUT2D eigenvalue weighted by molar-refractivity contribution is 5.82. The van der Waals surface area contributed by atoms with Gasteiger partial charge in [-0.25, -0.2) is 4.79 Å². The molecule has 0 aromatic heterocycles. The van der Waals surface area contributed by atoms with Gasteiger partial charge in [-0.2, -0.15) is 0 Å². The Labute approximate surface area is 212 Å². The number of carbonyl (C=O) groups is 7. The minimum absolute atomic E-state index is 0.630. The molecule has 6 atom stereocenters. The van der Waals surface area contributed by atoms with Crippen molar-refractivity contribution in [1.82, 2.24) is 5.32 Å². The first-order valence-electron chi connectivity index (χ1n) is 11.0. The number of hydrogen-bond donors (Lipinski definition) is 1. The van der Waals surface area contributed by atoms with Gasteiger partial charge in [0.2, 0.25) is 5.91 Å². The van der Waals surface area contributed by atoms with Crippen molar-refractivity contribution < 1.29 is 66.7 Å². The Morgan fingerprint density at radius 3 is 1.89 bits per heavy atom. The van der Waals surface area contributed by atoms with Crippen molar-refractivity contribution in [3.05, 3.63) is 0 Å². The van der Waals surface area contributed by atoms with Gasteiger partial charge >= 0.3 is 41.6 Å². The summed E-state index contributed by atoms with van der Waals surface area (Å²) in [7, 11) is 0.971. The molecule has 37 heavy (non-hydrogen) atoms. The van der Waals surface area contributed by atoms with Gasteiger partial charge < -0.3 is 38.5 Å². The van der Waals surface area contributed by atoms with Gasteiger partial charge in [0.1, 0.15) is 18.8 Å². The quantitative estimate of drug-likeness (QED) is 0.267. The van der Waals surface area contributed by atoms with Crippen molar-refractivity contribution in [3.63, 3.8) is 0 Å². The van der Waals surface area contributed by atoms with Gasteiger partial charge in [-0.3, -0.25) is 28.8 Å². The van der Waals surface area contributed by atoms with Crippen molar-refractivity contribution in [2.75, 3.05) is 13.7 Å². The highest BCUT2D eigenvalue weighted by Gasteiger charge is 2.60. The van der Waals surface area contributed by atoms with Gasteiger partial charge in [0.25, 0.3) is 0 Å². The van der Waals surface area contributed by atoms with Gasteiger partial charge in [-0.05, 0) is 0 Å². The number of ether oxygens (including phenoxy) is 7. The lowest BCUT2D eigenvalue weighted by molar-refractivity contribution is -0.304. The molecule has 0 saturated carbocycles. The van der Waals surface area contributed by atoms with E-state index in [2.05, 4.69) is 5.32 Å². The number of hydrogen-bond acceptors (Lipinski definition) is 14. The number of nitrogens with one attached hydrogen (secondary N) is 1. The topological polar surface area (TPSA) is 196 Å². The van der Waals surface area contributed by atoms with Crippen LogP contribution in [-0.2, 0) is 66.7 Å². The fourth-order valence-corrected chi connectivity index (χ4v) is 3.74. The molecule has 1 amide bonds. The van der Waals surface area contributed by atoms with Gasteiger partial charge in [0.05, 0.1) is 19.6 Å². The Morgan fingerprint density at radius 2 is 1.46 bits per heavy atom. The van der Waals surface area contributed by atoms with Crippen LogP contribution in [0.1, 0.15) is 48.0 Å². The molecule has 1 saturated heterocycles. The van der Waals surface area contributed by atoms with E-state index in [1.165, 1.54) is 0 Å². The summed E-state index contributed by atoms with van der Waals surface area (Å²) in [6, 6.07) is -1.35.